The fraction of sp³-hybridized carbons (Fsp3) is 0.500. The summed E-state index contributed by atoms with van der Waals surface area (Å²) in [7, 11) is 0. The van der Waals surface area contributed by atoms with Crippen LogP contribution in [-0.4, -0.2) is 18.5 Å². The van der Waals surface area contributed by atoms with E-state index < -0.39 is 0 Å². The van der Waals surface area contributed by atoms with E-state index in [4.69, 9.17) is 11.6 Å². The van der Waals surface area contributed by atoms with Crippen molar-refractivity contribution in [1.29, 1.82) is 0 Å². The molecule has 0 aromatic heterocycles. The molecule has 0 aliphatic carbocycles. The van der Waals surface area contributed by atoms with E-state index in [1.54, 1.807) is 0 Å². The van der Waals surface area contributed by atoms with Gasteiger partial charge in [-0.15, -0.1) is 0 Å². The lowest BCUT2D eigenvalue weighted by atomic mass is 10.0. The molecule has 0 radical (unpaired) electrons. The minimum Gasteiger partial charge on any atom is -0.348 e. The third-order valence-corrected chi connectivity index (χ3v) is 3.61. The summed E-state index contributed by atoms with van der Waals surface area (Å²) in [4.78, 5) is 12.0. The van der Waals surface area contributed by atoms with Crippen molar-refractivity contribution >= 4 is 17.5 Å². The van der Waals surface area contributed by atoms with Crippen LogP contribution in [0.2, 0.25) is 5.02 Å². The summed E-state index contributed by atoms with van der Waals surface area (Å²) in [5, 5.41) is 7.01. The summed E-state index contributed by atoms with van der Waals surface area (Å²) in [5.74, 6) is 0.0946. The zero-order valence-electron chi connectivity index (χ0n) is 10.6. The normalized spacial score (nSPS) is 21.3. The van der Waals surface area contributed by atoms with Crippen LogP contribution in [0.3, 0.4) is 0 Å². The van der Waals surface area contributed by atoms with Gasteiger partial charge in [-0.1, -0.05) is 30.2 Å². The molecule has 1 amide bonds. The highest BCUT2D eigenvalue weighted by Crippen LogP contribution is 2.16. The standard InChI is InChI=1S/C14H19ClN2O/c1-10(11-5-7-12(15)8-6-11)17-14(18)13-4-2-3-9-16-13/h5-8,10,13,16H,2-4,9H2,1H3,(H,17,18). The Kier molecular flexibility index (Phi) is 4.61. The minimum absolute atomic E-state index is 0.0125. The quantitative estimate of drug-likeness (QED) is 0.883. The van der Waals surface area contributed by atoms with Gasteiger partial charge in [0.15, 0.2) is 0 Å². The van der Waals surface area contributed by atoms with Crippen LogP contribution in [0.25, 0.3) is 0 Å². The number of amides is 1. The molecule has 1 fully saturated rings. The Bertz CT molecular complexity index is 399. The van der Waals surface area contributed by atoms with Gasteiger partial charge in [-0.05, 0) is 44.0 Å². The van der Waals surface area contributed by atoms with Gasteiger partial charge in [0.05, 0.1) is 12.1 Å². The van der Waals surface area contributed by atoms with Crippen LogP contribution in [0.15, 0.2) is 24.3 Å². The molecule has 4 heteroatoms. The van der Waals surface area contributed by atoms with Crippen molar-refractivity contribution in [2.45, 2.75) is 38.3 Å². The van der Waals surface area contributed by atoms with Gasteiger partial charge in [0.25, 0.3) is 0 Å². The SMILES string of the molecule is CC(NC(=O)C1CCCCN1)c1ccc(Cl)cc1. The summed E-state index contributed by atoms with van der Waals surface area (Å²) in [5.41, 5.74) is 1.07. The molecule has 1 aliphatic heterocycles. The zero-order chi connectivity index (χ0) is 13.0. The van der Waals surface area contributed by atoms with Crippen LogP contribution in [0.4, 0.5) is 0 Å². The first kappa shape index (κ1) is 13.4. The average molecular weight is 267 g/mol. The van der Waals surface area contributed by atoms with Crippen molar-refractivity contribution in [3.63, 3.8) is 0 Å². The van der Waals surface area contributed by atoms with Crippen LogP contribution in [0, 0.1) is 0 Å². The van der Waals surface area contributed by atoms with Gasteiger partial charge in [0.2, 0.25) is 5.91 Å². The number of piperidine rings is 1. The first-order chi connectivity index (χ1) is 8.66. The maximum Gasteiger partial charge on any atom is 0.237 e. The van der Waals surface area contributed by atoms with E-state index in [2.05, 4.69) is 10.6 Å². The van der Waals surface area contributed by atoms with Gasteiger partial charge in [-0.3, -0.25) is 4.79 Å². The van der Waals surface area contributed by atoms with E-state index in [0.717, 1.165) is 31.4 Å². The molecule has 1 aromatic rings. The van der Waals surface area contributed by atoms with E-state index in [1.807, 2.05) is 31.2 Å². The topological polar surface area (TPSA) is 41.1 Å². The fourth-order valence-corrected chi connectivity index (χ4v) is 2.35. The van der Waals surface area contributed by atoms with Crippen molar-refractivity contribution in [1.82, 2.24) is 10.6 Å². The van der Waals surface area contributed by atoms with Crippen molar-refractivity contribution in [2.24, 2.45) is 0 Å². The molecule has 3 nitrogen and oxygen atoms in total. The molecule has 0 saturated carbocycles. The molecule has 0 spiro atoms. The number of nitrogens with one attached hydrogen (secondary N) is 2. The Morgan fingerprint density at radius 3 is 2.72 bits per heavy atom. The molecule has 2 rings (SSSR count). The number of halogens is 1. The Balaban J connectivity index is 1.91. The molecule has 18 heavy (non-hydrogen) atoms. The van der Waals surface area contributed by atoms with Gasteiger partial charge in [-0.2, -0.15) is 0 Å². The highest BCUT2D eigenvalue weighted by atomic mass is 35.5. The molecule has 2 atom stereocenters. The molecule has 1 aromatic carbocycles. The molecule has 1 saturated heterocycles. The van der Waals surface area contributed by atoms with Gasteiger partial charge >= 0.3 is 0 Å². The van der Waals surface area contributed by atoms with Gasteiger partial charge in [0.1, 0.15) is 0 Å². The second kappa shape index (κ2) is 6.21. The Hall–Kier alpha value is -1.06. The minimum atomic E-state index is -0.0338. The van der Waals surface area contributed by atoms with Gasteiger partial charge in [-0.25, -0.2) is 0 Å². The monoisotopic (exact) mass is 266 g/mol. The lowest BCUT2D eigenvalue weighted by molar-refractivity contribution is -0.124. The lowest BCUT2D eigenvalue weighted by Gasteiger charge is -2.24. The van der Waals surface area contributed by atoms with Crippen molar-refractivity contribution < 1.29 is 4.79 Å². The number of hydrogen-bond acceptors (Lipinski definition) is 2. The summed E-state index contributed by atoms with van der Waals surface area (Å²) >= 11 is 5.85. The molecular formula is C14H19ClN2O. The van der Waals surface area contributed by atoms with Crippen LogP contribution >= 0.6 is 11.6 Å². The van der Waals surface area contributed by atoms with Crippen molar-refractivity contribution in [3.05, 3.63) is 34.9 Å². The van der Waals surface area contributed by atoms with Gasteiger partial charge in [0, 0.05) is 5.02 Å². The largest absolute Gasteiger partial charge is 0.348 e. The summed E-state index contributed by atoms with van der Waals surface area (Å²) < 4.78 is 0. The Morgan fingerprint density at radius 1 is 1.39 bits per heavy atom. The van der Waals surface area contributed by atoms with E-state index in [0.29, 0.717) is 5.02 Å². The third-order valence-electron chi connectivity index (χ3n) is 3.36. The lowest BCUT2D eigenvalue weighted by Crippen LogP contribution is -2.47. The van der Waals surface area contributed by atoms with E-state index >= 15 is 0 Å². The molecule has 1 aliphatic rings. The maximum absolute atomic E-state index is 12.0. The first-order valence-corrected chi connectivity index (χ1v) is 6.84. The predicted octanol–water partition coefficient (Wildman–Crippen LogP) is 2.66. The highest BCUT2D eigenvalue weighted by Gasteiger charge is 2.21. The summed E-state index contributed by atoms with van der Waals surface area (Å²) in [6.45, 7) is 2.93. The number of benzene rings is 1. The predicted molar refractivity (Wildman–Crippen MR) is 73.7 cm³/mol. The Labute approximate surface area is 113 Å². The number of carbonyl (C=O) groups excluding carboxylic acids is 1. The maximum atomic E-state index is 12.0. The molecule has 98 valence electrons. The number of hydrogen-bond donors (Lipinski definition) is 2. The summed E-state index contributed by atoms with van der Waals surface area (Å²) in [6.07, 6.45) is 3.22. The second-order valence-electron chi connectivity index (χ2n) is 4.78. The summed E-state index contributed by atoms with van der Waals surface area (Å²) in [6, 6.07) is 7.56. The third kappa shape index (κ3) is 3.47. The van der Waals surface area contributed by atoms with Crippen LogP contribution in [-0.2, 0) is 4.79 Å². The first-order valence-electron chi connectivity index (χ1n) is 6.46. The smallest absolute Gasteiger partial charge is 0.237 e. The van der Waals surface area contributed by atoms with Crippen LogP contribution < -0.4 is 10.6 Å². The average Bonchev–Trinajstić information content (AvgIpc) is 2.40. The van der Waals surface area contributed by atoms with Crippen molar-refractivity contribution in [3.8, 4) is 0 Å². The molecule has 2 N–H and O–H groups in total. The van der Waals surface area contributed by atoms with Crippen LogP contribution in [0.1, 0.15) is 37.8 Å². The van der Waals surface area contributed by atoms with Crippen molar-refractivity contribution in [2.75, 3.05) is 6.54 Å². The highest BCUT2D eigenvalue weighted by molar-refractivity contribution is 6.30. The molecular weight excluding hydrogens is 248 g/mol. The van der Waals surface area contributed by atoms with E-state index in [9.17, 15) is 4.79 Å². The number of rotatable bonds is 3. The molecule has 0 bridgehead atoms. The van der Waals surface area contributed by atoms with Crippen LogP contribution in [0.5, 0.6) is 0 Å². The Morgan fingerprint density at radius 2 is 2.11 bits per heavy atom. The molecule has 2 unspecified atom stereocenters. The van der Waals surface area contributed by atoms with E-state index in [1.165, 1.54) is 0 Å². The fourth-order valence-electron chi connectivity index (χ4n) is 2.22. The van der Waals surface area contributed by atoms with Gasteiger partial charge < -0.3 is 10.6 Å². The molecule has 1 heterocycles. The van der Waals surface area contributed by atoms with E-state index in [-0.39, 0.29) is 18.0 Å². The second-order valence-corrected chi connectivity index (χ2v) is 5.22. The zero-order valence-corrected chi connectivity index (χ0v) is 11.3. The number of carbonyl (C=O) groups is 1.